The van der Waals surface area contributed by atoms with Gasteiger partial charge in [-0.15, -0.1) is 0 Å². The molecule has 2 heterocycles. The molecule has 0 radical (unpaired) electrons. The Kier molecular flexibility index (Phi) is 2.26. The molecule has 16 heavy (non-hydrogen) atoms. The number of allylic oxidation sites excluding steroid dienone is 4. The average molecular weight is 210 g/mol. The van der Waals surface area contributed by atoms with Gasteiger partial charge in [0.05, 0.1) is 0 Å². The number of hydrogen-bond donors (Lipinski definition) is 2. The number of aromatic amines is 2. The molecule has 2 aromatic rings. The minimum atomic E-state index is 0.361. The Hall–Kier alpha value is -1.96. The minimum Gasteiger partial charge on any atom is -0.364 e. The molecule has 0 aliphatic heterocycles. The fourth-order valence-electron chi connectivity index (χ4n) is 2.33. The zero-order valence-electron chi connectivity index (χ0n) is 8.93. The standard InChI is InChI=1S/C14H14N2/c1-2-6-11(5-1)14(12-7-3-9-15-12)13-8-4-10-16-13/h1-11,14-16H. The topological polar surface area (TPSA) is 31.6 Å². The Balaban J connectivity index is 2.01. The van der Waals surface area contributed by atoms with Crippen molar-refractivity contribution in [2.75, 3.05) is 0 Å². The van der Waals surface area contributed by atoms with E-state index >= 15 is 0 Å². The predicted octanol–water partition coefficient (Wildman–Crippen LogP) is 3.22. The fourth-order valence-corrected chi connectivity index (χ4v) is 2.33. The van der Waals surface area contributed by atoms with Crippen molar-refractivity contribution < 1.29 is 0 Å². The van der Waals surface area contributed by atoms with Crippen LogP contribution in [0.2, 0.25) is 0 Å². The fraction of sp³-hybridized carbons (Fsp3) is 0.143. The van der Waals surface area contributed by atoms with Gasteiger partial charge in [-0.05, 0) is 24.3 Å². The van der Waals surface area contributed by atoms with Crippen molar-refractivity contribution in [3.8, 4) is 0 Å². The molecule has 0 spiro atoms. The van der Waals surface area contributed by atoms with Gasteiger partial charge in [-0.1, -0.05) is 24.3 Å². The van der Waals surface area contributed by atoms with Crippen LogP contribution in [0, 0.1) is 5.92 Å². The van der Waals surface area contributed by atoms with E-state index in [9.17, 15) is 0 Å². The minimum absolute atomic E-state index is 0.361. The number of aromatic nitrogens is 2. The average Bonchev–Trinajstić information content (AvgIpc) is 3.02. The monoisotopic (exact) mass is 210 g/mol. The first kappa shape index (κ1) is 9.28. The summed E-state index contributed by atoms with van der Waals surface area (Å²) in [6, 6.07) is 8.39. The second-order valence-corrected chi connectivity index (χ2v) is 4.08. The molecule has 2 N–H and O–H groups in total. The predicted molar refractivity (Wildman–Crippen MR) is 65.2 cm³/mol. The van der Waals surface area contributed by atoms with Crippen molar-refractivity contribution in [1.82, 2.24) is 9.97 Å². The lowest BCUT2D eigenvalue weighted by atomic mass is 9.88. The van der Waals surface area contributed by atoms with Crippen LogP contribution in [0.4, 0.5) is 0 Å². The maximum Gasteiger partial charge on any atom is 0.0489 e. The zero-order valence-corrected chi connectivity index (χ0v) is 8.93. The van der Waals surface area contributed by atoms with Crippen LogP contribution < -0.4 is 0 Å². The molecule has 3 rings (SSSR count). The van der Waals surface area contributed by atoms with E-state index in [4.69, 9.17) is 0 Å². The normalized spacial score (nSPS) is 15.3. The molecule has 0 fully saturated rings. The van der Waals surface area contributed by atoms with Crippen LogP contribution in [0.25, 0.3) is 0 Å². The van der Waals surface area contributed by atoms with Gasteiger partial charge in [-0.2, -0.15) is 0 Å². The van der Waals surface area contributed by atoms with Gasteiger partial charge in [0.25, 0.3) is 0 Å². The summed E-state index contributed by atoms with van der Waals surface area (Å²) in [5, 5.41) is 0. The van der Waals surface area contributed by atoms with E-state index in [1.807, 2.05) is 24.5 Å². The van der Waals surface area contributed by atoms with Gasteiger partial charge in [0, 0.05) is 35.6 Å². The summed E-state index contributed by atoms with van der Waals surface area (Å²) in [5.41, 5.74) is 2.51. The highest BCUT2D eigenvalue weighted by Crippen LogP contribution is 2.33. The van der Waals surface area contributed by atoms with Crippen LogP contribution >= 0.6 is 0 Å². The van der Waals surface area contributed by atoms with Gasteiger partial charge in [-0.25, -0.2) is 0 Å². The summed E-state index contributed by atoms with van der Waals surface area (Å²) in [4.78, 5) is 6.63. The van der Waals surface area contributed by atoms with Gasteiger partial charge in [0.2, 0.25) is 0 Å². The number of hydrogen-bond acceptors (Lipinski definition) is 0. The molecule has 0 saturated heterocycles. The van der Waals surface area contributed by atoms with Crippen LogP contribution in [-0.2, 0) is 0 Å². The lowest BCUT2D eigenvalue weighted by Crippen LogP contribution is -2.10. The van der Waals surface area contributed by atoms with Crippen molar-refractivity contribution >= 4 is 0 Å². The number of nitrogens with one attached hydrogen (secondary N) is 2. The highest BCUT2D eigenvalue weighted by atomic mass is 14.7. The Bertz CT molecular complexity index is 443. The molecule has 0 amide bonds. The molecule has 0 saturated carbocycles. The highest BCUT2D eigenvalue weighted by Gasteiger charge is 2.23. The lowest BCUT2D eigenvalue weighted by molar-refractivity contribution is 0.661. The Morgan fingerprint density at radius 1 is 0.875 bits per heavy atom. The first-order valence-electron chi connectivity index (χ1n) is 5.57. The van der Waals surface area contributed by atoms with E-state index in [1.165, 1.54) is 11.4 Å². The first-order valence-corrected chi connectivity index (χ1v) is 5.57. The van der Waals surface area contributed by atoms with Gasteiger partial charge in [0.1, 0.15) is 0 Å². The molecule has 0 bridgehead atoms. The molecule has 0 unspecified atom stereocenters. The quantitative estimate of drug-likeness (QED) is 0.779. The molecular weight excluding hydrogens is 196 g/mol. The summed E-state index contributed by atoms with van der Waals surface area (Å²) in [6.45, 7) is 0. The van der Waals surface area contributed by atoms with Gasteiger partial charge in [-0.3, -0.25) is 0 Å². The second-order valence-electron chi connectivity index (χ2n) is 4.08. The van der Waals surface area contributed by atoms with Crippen molar-refractivity contribution in [3.05, 3.63) is 72.4 Å². The Morgan fingerprint density at radius 3 is 1.88 bits per heavy atom. The Morgan fingerprint density at radius 2 is 1.44 bits per heavy atom. The smallest absolute Gasteiger partial charge is 0.0489 e. The van der Waals surface area contributed by atoms with Gasteiger partial charge >= 0.3 is 0 Å². The van der Waals surface area contributed by atoms with E-state index in [2.05, 4.69) is 46.4 Å². The first-order chi connectivity index (χ1) is 7.95. The molecule has 1 aliphatic rings. The van der Waals surface area contributed by atoms with E-state index in [1.54, 1.807) is 0 Å². The summed E-state index contributed by atoms with van der Waals surface area (Å²) in [5.74, 6) is 0.803. The molecule has 2 aromatic heterocycles. The van der Waals surface area contributed by atoms with Crippen molar-refractivity contribution in [1.29, 1.82) is 0 Å². The zero-order chi connectivity index (χ0) is 10.8. The molecule has 1 aliphatic carbocycles. The van der Waals surface area contributed by atoms with Crippen LogP contribution in [0.1, 0.15) is 17.3 Å². The third-order valence-corrected chi connectivity index (χ3v) is 3.08. The highest BCUT2D eigenvalue weighted by molar-refractivity contribution is 5.32. The summed E-state index contributed by atoms with van der Waals surface area (Å²) < 4.78 is 0. The Labute approximate surface area is 94.7 Å². The second kappa shape index (κ2) is 3.89. The van der Waals surface area contributed by atoms with Gasteiger partial charge < -0.3 is 9.97 Å². The van der Waals surface area contributed by atoms with Crippen molar-refractivity contribution in [2.24, 2.45) is 5.92 Å². The maximum absolute atomic E-state index is 3.31. The molecular formula is C14H14N2. The number of H-pyrrole nitrogens is 2. The van der Waals surface area contributed by atoms with Gasteiger partial charge in [0.15, 0.2) is 0 Å². The molecule has 2 heteroatoms. The number of rotatable bonds is 3. The molecule has 0 aromatic carbocycles. The van der Waals surface area contributed by atoms with Crippen LogP contribution in [-0.4, -0.2) is 9.97 Å². The van der Waals surface area contributed by atoms with Crippen LogP contribution in [0.5, 0.6) is 0 Å². The van der Waals surface area contributed by atoms with Crippen LogP contribution in [0.15, 0.2) is 61.0 Å². The molecule has 80 valence electrons. The van der Waals surface area contributed by atoms with E-state index in [0.29, 0.717) is 11.8 Å². The lowest BCUT2D eigenvalue weighted by Gasteiger charge is -2.19. The SMILES string of the molecule is C1=CC(C(c2ccc[nH]2)c2ccc[nH]2)C=C1. The van der Waals surface area contributed by atoms with E-state index < -0.39 is 0 Å². The third kappa shape index (κ3) is 1.52. The third-order valence-electron chi connectivity index (χ3n) is 3.08. The summed E-state index contributed by atoms with van der Waals surface area (Å²) in [7, 11) is 0. The van der Waals surface area contributed by atoms with Crippen LogP contribution in [0.3, 0.4) is 0 Å². The van der Waals surface area contributed by atoms with E-state index in [-0.39, 0.29) is 0 Å². The van der Waals surface area contributed by atoms with Crippen molar-refractivity contribution in [2.45, 2.75) is 5.92 Å². The molecule has 0 atom stereocenters. The molecule has 2 nitrogen and oxygen atoms in total. The van der Waals surface area contributed by atoms with E-state index in [0.717, 1.165) is 0 Å². The summed E-state index contributed by atoms with van der Waals surface area (Å²) >= 11 is 0. The maximum atomic E-state index is 3.31. The summed E-state index contributed by atoms with van der Waals surface area (Å²) in [6.07, 6.45) is 12.7. The largest absolute Gasteiger partial charge is 0.364 e. The van der Waals surface area contributed by atoms with Crippen molar-refractivity contribution in [3.63, 3.8) is 0 Å².